The van der Waals surface area contributed by atoms with Crippen molar-refractivity contribution >= 4 is 5.97 Å². The molecule has 116 valence electrons. The summed E-state index contributed by atoms with van der Waals surface area (Å²) < 4.78 is 1.42. The molecule has 1 aromatic heterocycles. The van der Waals surface area contributed by atoms with Gasteiger partial charge in [0.1, 0.15) is 0 Å². The quantitative estimate of drug-likeness (QED) is 0.488. The van der Waals surface area contributed by atoms with Crippen LogP contribution >= 0.6 is 0 Å². The number of H-pyrrole nitrogens is 1. The van der Waals surface area contributed by atoms with E-state index in [9.17, 15) is 14.4 Å². The van der Waals surface area contributed by atoms with E-state index in [1.807, 2.05) is 5.48 Å². The molecule has 1 saturated heterocycles. The summed E-state index contributed by atoms with van der Waals surface area (Å²) in [6.45, 7) is 2.01. The average Bonchev–Trinajstić information content (AvgIpc) is 2.76. The Morgan fingerprint density at radius 3 is 2.86 bits per heavy atom. The van der Waals surface area contributed by atoms with Crippen LogP contribution in [0.15, 0.2) is 15.8 Å². The van der Waals surface area contributed by atoms with Gasteiger partial charge in [0.15, 0.2) is 0 Å². The number of aromatic nitrogens is 2. The number of aromatic amines is 1. The van der Waals surface area contributed by atoms with E-state index in [-0.39, 0.29) is 25.2 Å². The van der Waals surface area contributed by atoms with Crippen molar-refractivity contribution in [3.63, 3.8) is 0 Å². The molecular weight excluding hydrogens is 280 g/mol. The first-order valence-corrected chi connectivity index (χ1v) is 6.57. The minimum atomic E-state index is -0.969. The number of rotatable bonds is 5. The van der Waals surface area contributed by atoms with Crippen molar-refractivity contribution in [1.82, 2.24) is 19.9 Å². The summed E-state index contributed by atoms with van der Waals surface area (Å²) in [7, 11) is 0. The summed E-state index contributed by atoms with van der Waals surface area (Å²) in [5, 5.41) is 17.7. The van der Waals surface area contributed by atoms with Crippen molar-refractivity contribution in [2.75, 3.05) is 19.6 Å². The van der Waals surface area contributed by atoms with Crippen LogP contribution in [-0.2, 0) is 4.79 Å². The lowest BCUT2D eigenvalue weighted by Crippen LogP contribution is -2.40. The molecule has 1 fully saturated rings. The molecule has 0 amide bonds. The Morgan fingerprint density at radius 2 is 2.24 bits per heavy atom. The lowest BCUT2D eigenvalue weighted by molar-refractivity contribution is -0.138. The molecule has 1 aromatic rings. The number of hydrogen-bond acceptors (Lipinski definition) is 6. The Bertz CT molecular complexity index is 637. The molecule has 0 aromatic carbocycles. The number of carboxylic acids is 1. The summed E-state index contributed by atoms with van der Waals surface area (Å²) in [4.78, 5) is 38.1. The molecule has 1 aliphatic heterocycles. The van der Waals surface area contributed by atoms with Crippen molar-refractivity contribution in [2.45, 2.75) is 25.4 Å². The monoisotopic (exact) mass is 298 g/mol. The molecule has 0 bridgehead atoms. The fraction of sp³-hybridized carbons (Fsp3) is 0.583. The molecule has 0 radical (unpaired) electrons. The van der Waals surface area contributed by atoms with Gasteiger partial charge in [-0.1, -0.05) is 0 Å². The second-order valence-electron chi connectivity index (χ2n) is 5.21. The van der Waals surface area contributed by atoms with Gasteiger partial charge in [-0.3, -0.25) is 24.0 Å². The third kappa shape index (κ3) is 3.38. The molecule has 2 atom stereocenters. The van der Waals surface area contributed by atoms with Crippen molar-refractivity contribution in [3.8, 4) is 0 Å². The average molecular weight is 298 g/mol. The lowest BCUT2D eigenvalue weighted by Gasteiger charge is -2.21. The fourth-order valence-corrected chi connectivity index (χ4v) is 2.70. The Balaban J connectivity index is 2.26. The van der Waals surface area contributed by atoms with E-state index in [1.165, 1.54) is 10.8 Å². The highest BCUT2D eigenvalue weighted by atomic mass is 16.5. The standard InChI is InChI=1S/C12H18N4O5/c1-7-4-16(12(20)14-11(7)19)9-2-8(3-13-21)15(5-9)6-10(17)18/h4,8-9,13,21H,2-3,5-6H2,1H3,(H,17,18)(H,14,19,20). The Labute approximate surface area is 119 Å². The predicted octanol–water partition coefficient (Wildman–Crippen LogP) is -1.48. The number of likely N-dealkylation sites (tertiary alicyclic amines) is 1. The number of aryl methyl sites for hydroxylation is 1. The van der Waals surface area contributed by atoms with E-state index in [0.717, 1.165) is 0 Å². The molecule has 9 nitrogen and oxygen atoms in total. The second kappa shape index (κ2) is 6.20. The van der Waals surface area contributed by atoms with Crippen LogP contribution in [0.3, 0.4) is 0 Å². The van der Waals surface area contributed by atoms with Crippen LogP contribution in [-0.4, -0.2) is 56.4 Å². The van der Waals surface area contributed by atoms with Crippen LogP contribution in [0.4, 0.5) is 0 Å². The number of hydroxylamine groups is 1. The summed E-state index contributed by atoms with van der Waals surface area (Å²) in [5.41, 5.74) is 1.52. The van der Waals surface area contributed by atoms with Crippen LogP contribution in [0.5, 0.6) is 0 Å². The van der Waals surface area contributed by atoms with Crippen LogP contribution in [0.2, 0.25) is 0 Å². The van der Waals surface area contributed by atoms with E-state index >= 15 is 0 Å². The molecule has 2 rings (SSSR count). The van der Waals surface area contributed by atoms with Crippen LogP contribution < -0.4 is 16.7 Å². The first-order valence-electron chi connectivity index (χ1n) is 6.57. The predicted molar refractivity (Wildman–Crippen MR) is 72.5 cm³/mol. The van der Waals surface area contributed by atoms with Crippen molar-refractivity contribution < 1.29 is 15.1 Å². The molecule has 2 unspecified atom stereocenters. The number of aliphatic carboxylic acids is 1. The number of carbonyl (C=O) groups is 1. The molecule has 1 aliphatic rings. The minimum Gasteiger partial charge on any atom is -0.480 e. The van der Waals surface area contributed by atoms with Crippen molar-refractivity contribution in [2.24, 2.45) is 0 Å². The van der Waals surface area contributed by atoms with Gasteiger partial charge in [-0.15, -0.1) is 0 Å². The van der Waals surface area contributed by atoms with Crippen molar-refractivity contribution in [1.29, 1.82) is 0 Å². The largest absolute Gasteiger partial charge is 0.480 e. The second-order valence-corrected chi connectivity index (χ2v) is 5.21. The highest BCUT2D eigenvalue weighted by Gasteiger charge is 2.34. The molecular formula is C12H18N4O5. The zero-order valence-electron chi connectivity index (χ0n) is 11.6. The molecule has 4 N–H and O–H groups in total. The third-order valence-electron chi connectivity index (χ3n) is 3.71. The van der Waals surface area contributed by atoms with E-state index in [0.29, 0.717) is 18.5 Å². The van der Waals surface area contributed by atoms with Gasteiger partial charge in [0.05, 0.1) is 12.6 Å². The summed E-state index contributed by atoms with van der Waals surface area (Å²) in [5.74, 6) is -0.969. The van der Waals surface area contributed by atoms with E-state index < -0.39 is 17.2 Å². The topological polar surface area (TPSA) is 128 Å². The van der Waals surface area contributed by atoms with Gasteiger partial charge < -0.3 is 10.3 Å². The maximum atomic E-state index is 11.9. The van der Waals surface area contributed by atoms with Crippen LogP contribution in [0, 0.1) is 6.92 Å². The minimum absolute atomic E-state index is 0.167. The zero-order valence-corrected chi connectivity index (χ0v) is 11.6. The fourth-order valence-electron chi connectivity index (χ4n) is 2.70. The van der Waals surface area contributed by atoms with Crippen LogP contribution in [0.1, 0.15) is 18.0 Å². The van der Waals surface area contributed by atoms with Gasteiger partial charge in [0, 0.05) is 30.9 Å². The number of nitrogens with zero attached hydrogens (tertiary/aromatic N) is 2. The van der Waals surface area contributed by atoms with Gasteiger partial charge in [-0.2, -0.15) is 0 Å². The van der Waals surface area contributed by atoms with Gasteiger partial charge in [-0.25, -0.2) is 10.3 Å². The maximum absolute atomic E-state index is 11.9. The Kier molecular flexibility index (Phi) is 4.56. The Morgan fingerprint density at radius 1 is 1.52 bits per heavy atom. The van der Waals surface area contributed by atoms with Gasteiger partial charge in [0.25, 0.3) is 5.56 Å². The van der Waals surface area contributed by atoms with Gasteiger partial charge in [0.2, 0.25) is 0 Å². The molecule has 0 aliphatic carbocycles. The molecule has 0 saturated carbocycles. The maximum Gasteiger partial charge on any atom is 0.328 e. The first kappa shape index (κ1) is 15.4. The highest BCUT2D eigenvalue weighted by molar-refractivity contribution is 5.69. The van der Waals surface area contributed by atoms with Crippen molar-refractivity contribution in [3.05, 3.63) is 32.6 Å². The van der Waals surface area contributed by atoms with Gasteiger partial charge in [-0.05, 0) is 13.3 Å². The number of carboxylic acid groups (broad SMARTS) is 1. The molecule has 2 heterocycles. The molecule has 0 spiro atoms. The zero-order chi connectivity index (χ0) is 15.6. The Hall–Kier alpha value is -1.97. The van der Waals surface area contributed by atoms with Crippen LogP contribution in [0.25, 0.3) is 0 Å². The molecule has 9 heteroatoms. The highest BCUT2D eigenvalue weighted by Crippen LogP contribution is 2.25. The summed E-state index contributed by atoms with van der Waals surface area (Å²) in [6.07, 6.45) is 1.99. The van der Waals surface area contributed by atoms with E-state index in [2.05, 4.69) is 4.98 Å². The van der Waals surface area contributed by atoms with E-state index in [1.54, 1.807) is 11.8 Å². The lowest BCUT2D eigenvalue weighted by atomic mass is 10.1. The molecule has 21 heavy (non-hydrogen) atoms. The SMILES string of the molecule is Cc1cn(C2CC(CNO)N(CC(=O)O)C2)c(=O)[nH]c1=O. The number of hydrogen-bond donors (Lipinski definition) is 4. The smallest absolute Gasteiger partial charge is 0.328 e. The first-order chi connectivity index (χ1) is 9.92. The van der Waals surface area contributed by atoms with E-state index in [4.69, 9.17) is 10.3 Å². The number of nitrogens with one attached hydrogen (secondary N) is 2. The van der Waals surface area contributed by atoms with Gasteiger partial charge >= 0.3 is 11.7 Å². The normalized spacial score (nSPS) is 22.6. The summed E-state index contributed by atoms with van der Waals surface area (Å²) >= 11 is 0. The third-order valence-corrected chi connectivity index (χ3v) is 3.71. The summed E-state index contributed by atoms with van der Waals surface area (Å²) in [6, 6.07) is -0.444.